The molecule has 0 aromatic heterocycles. The minimum Gasteiger partial charge on any atom is -0.496 e. The zero-order chi connectivity index (χ0) is 21.7. The van der Waals surface area contributed by atoms with Crippen LogP contribution in [0.4, 0.5) is 5.69 Å². The summed E-state index contributed by atoms with van der Waals surface area (Å²) in [5, 5.41) is 6.83. The summed E-state index contributed by atoms with van der Waals surface area (Å²) in [6.45, 7) is 4.99. The highest BCUT2D eigenvalue weighted by Crippen LogP contribution is 2.28. The number of rotatable bonds is 8. The van der Waals surface area contributed by atoms with Gasteiger partial charge in [0.2, 0.25) is 10.0 Å². The number of hydrogen-bond donors (Lipinski definition) is 2. The molecule has 1 aliphatic heterocycles. The van der Waals surface area contributed by atoms with Crippen LogP contribution in [0.25, 0.3) is 0 Å². The van der Waals surface area contributed by atoms with E-state index in [0.717, 1.165) is 30.7 Å². The van der Waals surface area contributed by atoms with Crippen molar-refractivity contribution in [3.63, 3.8) is 0 Å². The first-order chi connectivity index (χ1) is 14.3. The molecule has 2 aromatic carbocycles. The molecule has 2 atom stereocenters. The van der Waals surface area contributed by atoms with E-state index in [1.807, 2.05) is 18.2 Å². The van der Waals surface area contributed by atoms with E-state index >= 15 is 0 Å². The van der Waals surface area contributed by atoms with Crippen LogP contribution in [0.15, 0.2) is 48.5 Å². The molecule has 6 nitrogen and oxygen atoms in total. The number of ether oxygens (including phenoxy) is 1. The van der Waals surface area contributed by atoms with Crippen molar-refractivity contribution in [3.8, 4) is 5.75 Å². The SMILES string of the molecule is COc1ccc(N(C)S(=O)(=O)C(C)C)cc1CNC1CCCNC1c1ccccc1.Cl.Cl. The Labute approximate surface area is 205 Å². The second-order valence-corrected chi connectivity index (χ2v) is 10.5. The zero-order valence-corrected chi connectivity index (χ0v) is 21.5. The van der Waals surface area contributed by atoms with E-state index in [4.69, 9.17) is 4.74 Å². The number of hydrogen-bond acceptors (Lipinski definition) is 5. The van der Waals surface area contributed by atoms with E-state index in [9.17, 15) is 8.42 Å². The summed E-state index contributed by atoms with van der Waals surface area (Å²) in [5.41, 5.74) is 2.86. The van der Waals surface area contributed by atoms with E-state index in [-0.39, 0.29) is 36.9 Å². The standard InChI is InChI=1S/C23H33N3O3S.2ClH/c1-17(2)30(27,28)26(3)20-12-13-22(29-4)19(15-20)16-25-21-11-8-14-24-23(21)18-9-6-5-7-10-18;;/h5-7,9-10,12-13,15,17,21,23-25H,8,11,14,16H2,1-4H3;2*1H. The molecule has 2 unspecified atom stereocenters. The molecule has 9 heteroatoms. The van der Waals surface area contributed by atoms with Crippen LogP contribution in [0.3, 0.4) is 0 Å². The minimum absolute atomic E-state index is 0. The molecule has 2 aromatic rings. The van der Waals surface area contributed by atoms with Gasteiger partial charge in [-0.1, -0.05) is 30.3 Å². The Bertz CT molecular complexity index is 943. The van der Waals surface area contributed by atoms with Crippen LogP contribution < -0.4 is 19.7 Å². The predicted molar refractivity (Wildman–Crippen MR) is 137 cm³/mol. The van der Waals surface area contributed by atoms with Crippen LogP contribution in [-0.2, 0) is 16.6 Å². The molecule has 1 fully saturated rings. The van der Waals surface area contributed by atoms with Gasteiger partial charge in [0.15, 0.2) is 0 Å². The molecule has 32 heavy (non-hydrogen) atoms. The van der Waals surface area contributed by atoms with Gasteiger partial charge in [-0.25, -0.2) is 8.42 Å². The van der Waals surface area contributed by atoms with Crippen molar-refractivity contribution in [3.05, 3.63) is 59.7 Å². The normalized spacial score (nSPS) is 18.4. The first-order valence-corrected chi connectivity index (χ1v) is 12.0. The van der Waals surface area contributed by atoms with Crippen molar-refractivity contribution in [1.82, 2.24) is 10.6 Å². The highest BCUT2D eigenvalue weighted by atomic mass is 35.5. The maximum absolute atomic E-state index is 12.6. The average Bonchev–Trinajstić information content (AvgIpc) is 2.77. The highest BCUT2D eigenvalue weighted by Gasteiger charge is 2.26. The van der Waals surface area contributed by atoms with E-state index in [2.05, 4.69) is 34.9 Å². The lowest BCUT2D eigenvalue weighted by atomic mass is 9.92. The summed E-state index contributed by atoms with van der Waals surface area (Å²) in [6, 6.07) is 16.6. The number of methoxy groups -OCH3 is 1. The first-order valence-electron chi connectivity index (χ1n) is 10.5. The zero-order valence-electron chi connectivity index (χ0n) is 19.1. The van der Waals surface area contributed by atoms with Gasteiger partial charge in [-0.3, -0.25) is 4.31 Å². The number of halogens is 2. The van der Waals surface area contributed by atoms with Crippen molar-refractivity contribution in [2.45, 2.75) is 50.6 Å². The molecule has 2 N–H and O–H groups in total. The smallest absolute Gasteiger partial charge is 0.237 e. The number of sulfonamides is 1. The Morgan fingerprint density at radius 3 is 2.47 bits per heavy atom. The molecule has 1 aliphatic rings. The lowest BCUT2D eigenvalue weighted by molar-refractivity contribution is 0.303. The van der Waals surface area contributed by atoms with E-state index in [0.29, 0.717) is 12.2 Å². The Balaban J connectivity index is 0.00000256. The van der Waals surface area contributed by atoms with Crippen molar-refractivity contribution in [2.75, 3.05) is 25.0 Å². The molecule has 0 amide bonds. The van der Waals surface area contributed by atoms with Gasteiger partial charge in [-0.15, -0.1) is 24.8 Å². The quantitative estimate of drug-likeness (QED) is 0.561. The third-order valence-corrected chi connectivity index (χ3v) is 7.94. The van der Waals surface area contributed by atoms with Crippen LogP contribution >= 0.6 is 24.8 Å². The van der Waals surface area contributed by atoms with Crippen molar-refractivity contribution < 1.29 is 13.2 Å². The molecule has 1 heterocycles. The fraction of sp³-hybridized carbons (Fsp3) is 0.478. The van der Waals surface area contributed by atoms with Crippen LogP contribution in [0.2, 0.25) is 0 Å². The summed E-state index contributed by atoms with van der Waals surface area (Å²) >= 11 is 0. The van der Waals surface area contributed by atoms with Crippen LogP contribution in [0.5, 0.6) is 5.75 Å². The molecular weight excluding hydrogens is 469 g/mol. The van der Waals surface area contributed by atoms with Crippen LogP contribution in [0.1, 0.15) is 43.9 Å². The van der Waals surface area contributed by atoms with Crippen LogP contribution in [0, 0.1) is 0 Å². The third-order valence-electron chi connectivity index (χ3n) is 5.78. The van der Waals surface area contributed by atoms with Gasteiger partial charge in [0.05, 0.1) is 18.0 Å². The van der Waals surface area contributed by atoms with E-state index in [1.165, 1.54) is 9.87 Å². The molecule has 0 saturated carbocycles. The van der Waals surface area contributed by atoms with Gasteiger partial charge in [0, 0.05) is 31.2 Å². The van der Waals surface area contributed by atoms with Gasteiger partial charge in [-0.2, -0.15) is 0 Å². The van der Waals surface area contributed by atoms with Gasteiger partial charge in [0.1, 0.15) is 5.75 Å². The van der Waals surface area contributed by atoms with Gasteiger partial charge < -0.3 is 15.4 Å². The predicted octanol–water partition coefficient (Wildman–Crippen LogP) is 4.30. The number of nitrogens with one attached hydrogen (secondary N) is 2. The van der Waals surface area contributed by atoms with Crippen molar-refractivity contribution >= 4 is 40.5 Å². The van der Waals surface area contributed by atoms with Crippen molar-refractivity contribution in [2.24, 2.45) is 0 Å². The Hall–Kier alpha value is -1.51. The van der Waals surface area contributed by atoms with Crippen molar-refractivity contribution in [1.29, 1.82) is 0 Å². The summed E-state index contributed by atoms with van der Waals surface area (Å²) in [7, 11) is -0.141. The molecule has 0 spiro atoms. The number of nitrogens with zero attached hydrogens (tertiary/aromatic N) is 1. The van der Waals surface area contributed by atoms with E-state index < -0.39 is 15.3 Å². The first kappa shape index (κ1) is 28.5. The van der Waals surface area contributed by atoms with Gasteiger partial charge in [0.25, 0.3) is 0 Å². The summed E-state index contributed by atoms with van der Waals surface area (Å²) in [4.78, 5) is 0. The molecule has 1 saturated heterocycles. The maximum atomic E-state index is 12.6. The lowest BCUT2D eigenvalue weighted by Crippen LogP contribution is -2.45. The fourth-order valence-corrected chi connectivity index (χ4v) is 4.96. The molecular formula is C23H35Cl2N3O3S. The van der Waals surface area contributed by atoms with Gasteiger partial charge >= 0.3 is 0 Å². The topological polar surface area (TPSA) is 70.7 Å². The minimum atomic E-state index is -3.38. The summed E-state index contributed by atoms with van der Waals surface area (Å²) in [6.07, 6.45) is 2.20. The number of anilines is 1. The molecule has 3 rings (SSSR count). The molecule has 180 valence electrons. The Morgan fingerprint density at radius 2 is 1.84 bits per heavy atom. The van der Waals surface area contributed by atoms with Crippen LogP contribution in [-0.4, -0.2) is 40.4 Å². The molecule has 0 bridgehead atoms. The highest BCUT2D eigenvalue weighted by molar-refractivity contribution is 7.93. The monoisotopic (exact) mass is 503 g/mol. The van der Waals surface area contributed by atoms with E-state index in [1.54, 1.807) is 34.1 Å². The average molecular weight is 505 g/mol. The lowest BCUT2D eigenvalue weighted by Gasteiger charge is -2.34. The maximum Gasteiger partial charge on any atom is 0.237 e. The fourth-order valence-electron chi connectivity index (χ4n) is 3.92. The molecule has 0 radical (unpaired) electrons. The third kappa shape index (κ3) is 6.51. The summed E-state index contributed by atoms with van der Waals surface area (Å²) < 4.78 is 32.0. The number of piperidine rings is 1. The molecule has 0 aliphatic carbocycles. The Morgan fingerprint density at radius 1 is 1.16 bits per heavy atom. The largest absolute Gasteiger partial charge is 0.496 e. The second kappa shape index (κ2) is 12.7. The Kier molecular flexibility index (Phi) is 11.3. The summed E-state index contributed by atoms with van der Waals surface area (Å²) in [5.74, 6) is 0.752. The van der Waals surface area contributed by atoms with Gasteiger partial charge in [-0.05, 0) is 57.0 Å². The number of benzene rings is 2. The second-order valence-electron chi connectivity index (χ2n) is 8.03.